The van der Waals surface area contributed by atoms with Gasteiger partial charge >= 0.3 is 5.69 Å². The van der Waals surface area contributed by atoms with E-state index in [1.54, 1.807) is 4.90 Å². The van der Waals surface area contributed by atoms with Crippen LogP contribution in [0.1, 0.15) is 46.0 Å². The number of likely N-dealkylation sites (tertiary alicyclic amines) is 1. The van der Waals surface area contributed by atoms with Gasteiger partial charge in [0.1, 0.15) is 0 Å². The Hall–Kier alpha value is -2.20. The van der Waals surface area contributed by atoms with E-state index in [1.807, 2.05) is 13.8 Å². The molecule has 2 atom stereocenters. The molecule has 0 radical (unpaired) electrons. The van der Waals surface area contributed by atoms with Crippen molar-refractivity contribution in [3.63, 3.8) is 0 Å². The molecule has 2 heterocycles. The Kier molecular flexibility index (Phi) is 6.42. The molecule has 10 heteroatoms. The third kappa shape index (κ3) is 4.53. The summed E-state index contributed by atoms with van der Waals surface area (Å²) in [7, 11) is -3.78. The summed E-state index contributed by atoms with van der Waals surface area (Å²) in [6.45, 7) is 4.46. The van der Waals surface area contributed by atoms with Crippen LogP contribution in [0.5, 0.6) is 5.75 Å². The molecule has 2 aliphatic heterocycles. The second-order valence-corrected chi connectivity index (χ2v) is 9.65. The third-order valence-electron chi connectivity index (χ3n) is 5.66. The van der Waals surface area contributed by atoms with Crippen LogP contribution < -0.4 is 4.74 Å². The standard InChI is InChI=1S/C19H27N3O6S/c1-14-6-5-7-15(2)21(14)19(23)13-28-18-9-8-16(12-17(18)22(24)25)29(26,27)20-10-3-4-11-20/h8-9,12,14-15H,3-7,10-11,13H2,1-2H3. The SMILES string of the molecule is CC1CCCC(C)N1C(=O)COc1ccc(S(=O)(=O)N2CCCC2)cc1[N+](=O)[O-]. The average molecular weight is 426 g/mol. The maximum absolute atomic E-state index is 12.7. The van der Waals surface area contributed by atoms with E-state index >= 15 is 0 Å². The van der Waals surface area contributed by atoms with Gasteiger partial charge in [0.15, 0.2) is 12.4 Å². The Morgan fingerprint density at radius 1 is 1.17 bits per heavy atom. The molecule has 29 heavy (non-hydrogen) atoms. The van der Waals surface area contributed by atoms with Gasteiger partial charge in [-0.3, -0.25) is 14.9 Å². The van der Waals surface area contributed by atoms with Crippen LogP contribution >= 0.6 is 0 Å². The van der Waals surface area contributed by atoms with Gasteiger partial charge < -0.3 is 9.64 Å². The number of benzene rings is 1. The lowest BCUT2D eigenvalue weighted by atomic mass is 9.97. The van der Waals surface area contributed by atoms with Gasteiger partial charge in [-0.1, -0.05) is 0 Å². The van der Waals surface area contributed by atoms with Crippen LogP contribution in [0.2, 0.25) is 0 Å². The molecule has 9 nitrogen and oxygen atoms in total. The van der Waals surface area contributed by atoms with Crippen LogP contribution in [0.3, 0.4) is 0 Å². The molecule has 1 aromatic rings. The first-order valence-corrected chi connectivity index (χ1v) is 11.4. The maximum atomic E-state index is 12.7. The van der Waals surface area contributed by atoms with Crippen LogP contribution in [0.25, 0.3) is 0 Å². The lowest BCUT2D eigenvalue weighted by Crippen LogP contribution is -2.49. The Morgan fingerprint density at radius 2 is 1.79 bits per heavy atom. The highest BCUT2D eigenvalue weighted by atomic mass is 32.2. The zero-order chi connectivity index (χ0) is 21.2. The molecule has 0 aromatic heterocycles. The monoisotopic (exact) mass is 425 g/mol. The van der Waals surface area contributed by atoms with Gasteiger partial charge in [0.05, 0.1) is 9.82 Å². The number of ether oxygens (including phenoxy) is 1. The summed E-state index contributed by atoms with van der Waals surface area (Å²) in [5.41, 5.74) is -0.460. The molecular weight excluding hydrogens is 398 g/mol. The molecule has 160 valence electrons. The van der Waals surface area contributed by atoms with Crippen molar-refractivity contribution in [2.75, 3.05) is 19.7 Å². The molecule has 0 aliphatic carbocycles. The van der Waals surface area contributed by atoms with Crippen LogP contribution in [0.4, 0.5) is 5.69 Å². The lowest BCUT2D eigenvalue weighted by molar-refractivity contribution is -0.386. The van der Waals surface area contributed by atoms with Gasteiger partial charge in [-0.15, -0.1) is 0 Å². The maximum Gasteiger partial charge on any atom is 0.312 e. The van der Waals surface area contributed by atoms with E-state index in [-0.39, 0.29) is 35.2 Å². The van der Waals surface area contributed by atoms with Gasteiger partial charge in [-0.05, 0) is 58.1 Å². The number of hydrogen-bond acceptors (Lipinski definition) is 6. The van der Waals surface area contributed by atoms with Crippen molar-refractivity contribution in [2.24, 2.45) is 0 Å². The average Bonchev–Trinajstić information content (AvgIpc) is 3.21. The van der Waals surface area contributed by atoms with Gasteiger partial charge in [0.25, 0.3) is 5.91 Å². The molecule has 2 fully saturated rings. The van der Waals surface area contributed by atoms with Crippen LogP contribution in [0.15, 0.2) is 23.1 Å². The molecule has 0 spiro atoms. The van der Waals surface area contributed by atoms with Crippen LogP contribution in [-0.2, 0) is 14.8 Å². The second kappa shape index (κ2) is 8.66. The smallest absolute Gasteiger partial charge is 0.312 e. The van der Waals surface area contributed by atoms with Crippen molar-refractivity contribution in [3.05, 3.63) is 28.3 Å². The summed E-state index contributed by atoms with van der Waals surface area (Å²) >= 11 is 0. The Labute approximate surface area is 170 Å². The largest absolute Gasteiger partial charge is 0.477 e. The fourth-order valence-electron chi connectivity index (χ4n) is 4.13. The number of rotatable bonds is 6. The summed E-state index contributed by atoms with van der Waals surface area (Å²) < 4.78 is 32.1. The molecule has 2 saturated heterocycles. The van der Waals surface area contributed by atoms with Crippen molar-refractivity contribution in [2.45, 2.75) is 62.9 Å². The van der Waals surface area contributed by atoms with Crippen molar-refractivity contribution in [1.82, 2.24) is 9.21 Å². The number of hydrogen-bond donors (Lipinski definition) is 0. The fraction of sp³-hybridized carbons (Fsp3) is 0.632. The van der Waals surface area contributed by atoms with Crippen molar-refractivity contribution in [3.8, 4) is 5.75 Å². The number of nitrogens with zero attached hydrogens (tertiary/aromatic N) is 3. The van der Waals surface area contributed by atoms with Crippen molar-refractivity contribution < 1.29 is 22.9 Å². The second-order valence-electron chi connectivity index (χ2n) is 7.72. The van der Waals surface area contributed by atoms with Gasteiger partial charge in [-0.25, -0.2) is 8.42 Å². The van der Waals surface area contributed by atoms with E-state index in [4.69, 9.17) is 4.74 Å². The van der Waals surface area contributed by atoms with E-state index in [2.05, 4.69) is 0 Å². The Bertz CT molecular complexity index is 872. The molecule has 2 aliphatic rings. The van der Waals surface area contributed by atoms with E-state index in [0.717, 1.165) is 38.2 Å². The van der Waals surface area contributed by atoms with Gasteiger partial charge in [0, 0.05) is 31.2 Å². The minimum Gasteiger partial charge on any atom is -0.477 e. The molecular formula is C19H27N3O6S. The first-order chi connectivity index (χ1) is 13.7. The summed E-state index contributed by atoms with van der Waals surface area (Å²) in [6, 6.07) is 3.76. The minimum absolute atomic E-state index is 0.0952. The predicted molar refractivity (Wildman–Crippen MR) is 106 cm³/mol. The first-order valence-electron chi connectivity index (χ1n) is 9.94. The molecule has 1 amide bonds. The van der Waals surface area contributed by atoms with Crippen LogP contribution in [0, 0.1) is 10.1 Å². The summed E-state index contributed by atoms with van der Waals surface area (Å²) in [5.74, 6) is -0.339. The quantitative estimate of drug-likeness (QED) is 0.512. The number of piperidine rings is 1. The van der Waals surface area contributed by atoms with Crippen molar-refractivity contribution >= 4 is 21.6 Å². The van der Waals surface area contributed by atoms with Gasteiger partial charge in [0.2, 0.25) is 10.0 Å². The summed E-state index contributed by atoms with van der Waals surface area (Å²) in [4.78, 5) is 25.0. The van der Waals surface area contributed by atoms with Crippen molar-refractivity contribution in [1.29, 1.82) is 0 Å². The number of carbonyl (C=O) groups is 1. The Morgan fingerprint density at radius 3 is 2.38 bits per heavy atom. The molecule has 2 unspecified atom stereocenters. The number of amides is 1. The summed E-state index contributed by atoms with van der Waals surface area (Å²) in [6.07, 6.45) is 4.44. The molecule has 3 rings (SSSR count). The highest BCUT2D eigenvalue weighted by Gasteiger charge is 2.31. The van der Waals surface area contributed by atoms with Gasteiger partial charge in [-0.2, -0.15) is 4.31 Å². The molecule has 0 bridgehead atoms. The zero-order valence-corrected chi connectivity index (χ0v) is 17.6. The predicted octanol–water partition coefficient (Wildman–Crippen LogP) is 2.55. The number of nitro benzene ring substituents is 1. The fourth-order valence-corrected chi connectivity index (χ4v) is 5.66. The number of nitro groups is 1. The number of sulfonamides is 1. The minimum atomic E-state index is -3.78. The van der Waals surface area contributed by atoms with E-state index in [9.17, 15) is 23.3 Å². The molecule has 1 aromatic carbocycles. The zero-order valence-electron chi connectivity index (χ0n) is 16.7. The third-order valence-corrected chi connectivity index (χ3v) is 7.56. The normalized spacial score (nSPS) is 23.2. The molecule has 0 saturated carbocycles. The topological polar surface area (TPSA) is 110 Å². The van der Waals surface area contributed by atoms with E-state index in [0.29, 0.717) is 13.1 Å². The number of carbonyl (C=O) groups excluding carboxylic acids is 1. The Balaban J connectivity index is 1.77. The summed E-state index contributed by atoms with van der Waals surface area (Å²) in [5, 5.41) is 11.5. The van der Waals surface area contributed by atoms with E-state index in [1.165, 1.54) is 16.4 Å². The van der Waals surface area contributed by atoms with E-state index < -0.39 is 20.6 Å². The highest BCUT2D eigenvalue weighted by molar-refractivity contribution is 7.89. The first kappa shape index (κ1) is 21.5. The molecule has 0 N–H and O–H groups in total. The van der Waals surface area contributed by atoms with Crippen LogP contribution in [-0.4, -0.2) is 60.2 Å². The highest BCUT2D eigenvalue weighted by Crippen LogP contribution is 2.32. The lowest BCUT2D eigenvalue weighted by Gasteiger charge is -2.38.